The van der Waals surface area contributed by atoms with Gasteiger partial charge in [-0.25, -0.2) is 14.4 Å². The third-order valence-corrected chi connectivity index (χ3v) is 2.67. The number of aromatic nitrogens is 2. The molecule has 4 nitrogen and oxygen atoms in total. The Labute approximate surface area is 108 Å². The highest BCUT2D eigenvalue weighted by atomic mass is 19.1. The predicted molar refractivity (Wildman–Crippen MR) is 70.4 cm³/mol. The van der Waals surface area contributed by atoms with Gasteiger partial charge in [0.2, 0.25) is 5.88 Å². The van der Waals surface area contributed by atoms with Crippen LogP contribution >= 0.6 is 0 Å². The molecule has 0 spiro atoms. The van der Waals surface area contributed by atoms with Crippen molar-refractivity contribution < 1.29 is 9.13 Å². The van der Waals surface area contributed by atoms with Crippen LogP contribution in [-0.2, 0) is 0 Å². The first-order valence-electron chi connectivity index (χ1n) is 5.66. The lowest BCUT2D eigenvalue weighted by Crippen LogP contribution is -1.94. The first kappa shape index (κ1) is 11.4. The third kappa shape index (κ3) is 2.18. The number of para-hydroxylation sites is 1. The number of nitrogens with zero attached hydrogens (tertiary/aromatic N) is 2. The Bertz CT molecular complexity index is 746. The Morgan fingerprint density at radius 2 is 1.89 bits per heavy atom. The normalized spacial score (nSPS) is 10.6. The van der Waals surface area contributed by atoms with Gasteiger partial charge in [0.25, 0.3) is 0 Å². The summed E-state index contributed by atoms with van der Waals surface area (Å²) in [6.07, 6.45) is 1.36. The quantitative estimate of drug-likeness (QED) is 0.714. The third-order valence-electron chi connectivity index (χ3n) is 2.67. The molecule has 0 saturated carbocycles. The smallest absolute Gasteiger partial charge is 0.230 e. The number of hydrogen-bond acceptors (Lipinski definition) is 4. The number of rotatable bonds is 2. The molecule has 2 N–H and O–H groups in total. The summed E-state index contributed by atoms with van der Waals surface area (Å²) >= 11 is 0. The van der Waals surface area contributed by atoms with Crippen molar-refractivity contribution in [2.24, 2.45) is 0 Å². The van der Waals surface area contributed by atoms with Crippen LogP contribution in [0.3, 0.4) is 0 Å². The molecule has 19 heavy (non-hydrogen) atoms. The van der Waals surface area contributed by atoms with Crippen LogP contribution in [0.25, 0.3) is 10.9 Å². The predicted octanol–water partition coefficient (Wildman–Crippen LogP) is 3.14. The largest absolute Gasteiger partial charge is 0.435 e. The van der Waals surface area contributed by atoms with Gasteiger partial charge in [0.1, 0.15) is 6.33 Å². The summed E-state index contributed by atoms with van der Waals surface area (Å²) in [5.74, 6) is -0.0147. The Morgan fingerprint density at radius 3 is 2.74 bits per heavy atom. The number of hydrogen-bond donors (Lipinski definition) is 1. The molecule has 0 saturated heterocycles. The molecule has 3 rings (SSSR count). The van der Waals surface area contributed by atoms with Crippen LogP contribution in [-0.4, -0.2) is 9.97 Å². The van der Waals surface area contributed by atoms with Crippen molar-refractivity contribution in [2.45, 2.75) is 0 Å². The second kappa shape index (κ2) is 4.53. The lowest BCUT2D eigenvalue weighted by molar-refractivity contribution is 0.431. The lowest BCUT2D eigenvalue weighted by atomic mass is 10.2. The SMILES string of the molecule is Nc1ccc2c(Oc3ccccc3F)ncnc2c1. The highest BCUT2D eigenvalue weighted by molar-refractivity contribution is 5.85. The fourth-order valence-electron chi connectivity index (χ4n) is 1.76. The van der Waals surface area contributed by atoms with Gasteiger partial charge in [0.15, 0.2) is 11.6 Å². The average Bonchev–Trinajstić information content (AvgIpc) is 2.41. The molecule has 0 amide bonds. The van der Waals surface area contributed by atoms with E-state index in [1.54, 1.807) is 36.4 Å². The van der Waals surface area contributed by atoms with Gasteiger partial charge < -0.3 is 10.5 Å². The minimum atomic E-state index is -0.440. The molecule has 0 aliphatic carbocycles. The van der Waals surface area contributed by atoms with E-state index in [0.29, 0.717) is 22.5 Å². The first-order chi connectivity index (χ1) is 9.24. The summed E-state index contributed by atoms with van der Waals surface area (Å²) in [6, 6.07) is 11.4. The lowest BCUT2D eigenvalue weighted by Gasteiger charge is -2.08. The Kier molecular flexibility index (Phi) is 2.72. The molecule has 5 heteroatoms. The van der Waals surface area contributed by atoms with Crippen LogP contribution in [0.15, 0.2) is 48.8 Å². The van der Waals surface area contributed by atoms with E-state index in [0.717, 1.165) is 0 Å². The maximum atomic E-state index is 13.6. The molecule has 3 aromatic rings. The highest BCUT2D eigenvalue weighted by Crippen LogP contribution is 2.28. The van der Waals surface area contributed by atoms with Crippen LogP contribution in [0.2, 0.25) is 0 Å². The molecular weight excluding hydrogens is 245 g/mol. The Balaban J connectivity index is 2.09. The number of fused-ring (bicyclic) bond motifs is 1. The summed E-state index contributed by atoms with van der Waals surface area (Å²) < 4.78 is 19.0. The zero-order valence-electron chi connectivity index (χ0n) is 9.88. The van der Waals surface area contributed by atoms with E-state index < -0.39 is 5.82 Å². The fraction of sp³-hybridized carbons (Fsp3) is 0. The molecule has 0 radical (unpaired) electrons. The van der Waals surface area contributed by atoms with Gasteiger partial charge in [0, 0.05) is 5.69 Å². The summed E-state index contributed by atoms with van der Waals surface area (Å²) in [5.41, 5.74) is 6.94. The van der Waals surface area contributed by atoms with Crippen molar-refractivity contribution >= 4 is 16.6 Å². The maximum Gasteiger partial charge on any atom is 0.230 e. The second-order valence-corrected chi connectivity index (χ2v) is 3.99. The summed E-state index contributed by atoms with van der Waals surface area (Å²) in [4.78, 5) is 8.13. The van der Waals surface area contributed by atoms with Crippen LogP contribution in [0.1, 0.15) is 0 Å². The van der Waals surface area contributed by atoms with Gasteiger partial charge >= 0.3 is 0 Å². The zero-order chi connectivity index (χ0) is 13.2. The molecule has 0 fully saturated rings. The van der Waals surface area contributed by atoms with Gasteiger partial charge in [-0.05, 0) is 30.3 Å². The van der Waals surface area contributed by atoms with Gasteiger partial charge in [-0.1, -0.05) is 12.1 Å². The van der Waals surface area contributed by atoms with E-state index >= 15 is 0 Å². The molecule has 0 aliphatic rings. The van der Waals surface area contributed by atoms with Crippen molar-refractivity contribution in [1.29, 1.82) is 0 Å². The van der Waals surface area contributed by atoms with Crippen molar-refractivity contribution in [3.8, 4) is 11.6 Å². The van der Waals surface area contributed by atoms with Crippen molar-refractivity contribution in [2.75, 3.05) is 5.73 Å². The molecule has 94 valence electrons. The monoisotopic (exact) mass is 255 g/mol. The highest BCUT2D eigenvalue weighted by Gasteiger charge is 2.09. The summed E-state index contributed by atoms with van der Waals surface area (Å²) in [6.45, 7) is 0. The average molecular weight is 255 g/mol. The minimum absolute atomic E-state index is 0.124. The molecular formula is C14H10FN3O. The summed E-state index contributed by atoms with van der Waals surface area (Å²) in [7, 11) is 0. The van der Waals surface area contributed by atoms with Crippen molar-refractivity contribution in [3.05, 3.63) is 54.6 Å². The Hall–Kier alpha value is -2.69. The van der Waals surface area contributed by atoms with Crippen molar-refractivity contribution in [3.63, 3.8) is 0 Å². The molecule has 0 unspecified atom stereocenters. The molecule has 1 aromatic heterocycles. The van der Waals surface area contributed by atoms with E-state index in [4.69, 9.17) is 10.5 Å². The van der Waals surface area contributed by atoms with E-state index in [9.17, 15) is 4.39 Å². The molecule has 2 aromatic carbocycles. The van der Waals surface area contributed by atoms with Gasteiger partial charge in [-0.2, -0.15) is 0 Å². The maximum absolute atomic E-state index is 13.6. The number of anilines is 1. The fourth-order valence-corrected chi connectivity index (χ4v) is 1.76. The topological polar surface area (TPSA) is 61.0 Å². The number of nitrogens with two attached hydrogens (primary N) is 1. The Morgan fingerprint density at radius 1 is 1.05 bits per heavy atom. The van der Waals surface area contributed by atoms with Gasteiger partial charge in [-0.3, -0.25) is 0 Å². The molecule has 0 aliphatic heterocycles. The first-order valence-corrected chi connectivity index (χ1v) is 5.66. The number of benzene rings is 2. The molecule has 0 bridgehead atoms. The zero-order valence-corrected chi connectivity index (χ0v) is 9.88. The number of halogens is 1. The molecule has 0 atom stereocenters. The van der Waals surface area contributed by atoms with E-state index in [1.807, 2.05) is 0 Å². The van der Waals surface area contributed by atoms with Crippen LogP contribution in [0, 0.1) is 5.82 Å². The summed E-state index contributed by atoms with van der Waals surface area (Å²) in [5, 5.41) is 0.681. The second-order valence-electron chi connectivity index (χ2n) is 3.99. The van der Waals surface area contributed by atoms with Gasteiger partial charge in [-0.15, -0.1) is 0 Å². The van der Waals surface area contributed by atoms with E-state index in [-0.39, 0.29) is 5.75 Å². The minimum Gasteiger partial charge on any atom is -0.435 e. The number of ether oxygens (including phenoxy) is 1. The number of nitrogen functional groups attached to an aromatic ring is 1. The van der Waals surface area contributed by atoms with Crippen LogP contribution < -0.4 is 10.5 Å². The van der Waals surface area contributed by atoms with Crippen LogP contribution in [0.4, 0.5) is 10.1 Å². The van der Waals surface area contributed by atoms with E-state index in [1.165, 1.54) is 12.4 Å². The standard InChI is InChI=1S/C14H10FN3O/c15-11-3-1-2-4-13(11)19-14-10-6-5-9(16)7-12(10)17-8-18-14/h1-8H,16H2. The van der Waals surface area contributed by atoms with Gasteiger partial charge in [0.05, 0.1) is 10.9 Å². The van der Waals surface area contributed by atoms with E-state index in [2.05, 4.69) is 9.97 Å². The van der Waals surface area contributed by atoms with Crippen LogP contribution in [0.5, 0.6) is 11.6 Å². The van der Waals surface area contributed by atoms with Crippen molar-refractivity contribution in [1.82, 2.24) is 9.97 Å². The molecule has 1 heterocycles.